The summed E-state index contributed by atoms with van der Waals surface area (Å²) in [4.78, 5) is 10.5. The molecule has 0 bridgehead atoms. The monoisotopic (exact) mass is 256 g/mol. The second-order valence-corrected chi connectivity index (χ2v) is 3.71. The van der Waals surface area contributed by atoms with Gasteiger partial charge in [-0.05, 0) is 6.92 Å². The van der Waals surface area contributed by atoms with E-state index in [1.54, 1.807) is 13.1 Å². The predicted octanol–water partition coefficient (Wildman–Crippen LogP) is 0.597. The largest absolute Gasteiger partial charge is 0.359 e. The number of nitrogens with one attached hydrogen (secondary N) is 3. The molecule has 0 amide bonds. The van der Waals surface area contributed by atoms with Crippen molar-refractivity contribution in [2.24, 2.45) is 4.99 Å². The standard InChI is InChI=1S/C10H16N6S/c1-8-9(16-7-15-8)5-17-4-3-13-10(12-2)14-6-11/h7H,3-5H2,1-2H3,(H,15,16)(H2,12,13,14)/i3D2,4D2. The first-order valence-corrected chi connectivity index (χ1v) is 5.77. The third-order valence-corrected chi connectivity index (χ3v) is 2.49. The van der Waals surface area contributed by atoms with Crippen molar-refractivity contribution in [1.82, 2.24) is 20.6 Å². The van der Waals surface area contributed by atoms with Gasteiger partial charge in [-0.15, -0.1) is 0 Å². The molecule has 0 aliphatic carbocycles. The lowest BCUT2D eigenvalue weighted by atomic mass is 10.4. The van der Waals surface area contributed by atoms with Crippen molar-refractivity contribution in [3.63, 3.8) is 0 Å². The number of aromatic amines is 1. The lowest BCUT2D eigenvalue weighted by molar-refractivity contribution is 1.01. The predicted molar refractivity (Wildman–Crippen MR) is 69.6 cm³/mol. The highest BCUT2D eigenvalue weighted by atomic mass is 32.2. The lowest BCUT2D eigenvalue weighted by Crippen LogP contribution is -2.31. The average Bonchev–Trinajstić information content (AvgIpc) is 2.81. The molecule has 0 aromatic carbocycles. The third kappa shape index (κ3) is 4.78. The smallest absolute Gasteiger partial charge is 0.204 e. The summed E-state index contributed by atoms with van der Waals surface area (Å²) in [7, 11) is 1.45. The summed E-state index contributed by atoms with van der Waals surface area (Å²) in [6.45, 7) is -0.717. The highest BCUT2D eigenvalue weighted by Crippen LogP contribution is 2.11. The number of aromatic nitrogens is 2. The van der Waals surface area contributed by atoms with Gasteiger partial charge in [0, 0.05) is 26.9 Å². The van der Waals surface area contributed by atoms with Crippen LogP contribution in [-0.4, -0.2) is 35.2 Å². The first-order chi connectivity index (χ1) is 9.73. The van der Waals surface area contributed by atoms with Crippen molar-refractivity contribution in [2.75, 3.05) is 19.2 Å². The quantitative estimate of drug-likeness (QED) is 0.311. The van der Waals surface area contributed by atoms with Gasteiger partial charge in [-0.3, -0.25) is 10.3 Å². The van der Waals surface area contributed by atoms with Gasteiger partial charge in [0.15, 0.2) is 6.19 Å². The maximum Gasteiger partial charge on any atom is 0.204 e. The van der Waals surface area contributed by atoms with E-state index < -0.39 is 12.2 Å². The number of thioether (sulfide) groups is 1. The summed E-state index contributed by atoms with van der Waals surface area (Å²) < 4.78 is 31.3. The van der Waals surface area contributed by atoms with Crippen LogP contribution in [0.25, 0.3) is 0 Å². The summed E-state index contributed by atoms with van der Waals surface area (Å²) in [5.41, 5.74) is -0.825. The number of nitrogens with zero attached hydrogens (tertiary/aromatic N) is 3. The molecule has 0 radical (unpaired) electrons. The van der Waals surface area contributed by atoms with Crippen LogP contribution in [0.2, 0.25) is 0 Å². The molecule has 7 heteroatoms. The number of aryl methyl sites for hydroxylation is 1. The van der Waals surface area contributed by atoms with Crippen molar-refractivity contribution in [2.45, 2.75) is 12.7 Å². The molecule has 1 aromatic heterocycles. The van der Waals surface area contributed by atoms with E-state index in [0.717, 1.165) is 17.5 Å². The Kier molecular flexibility index (Phi) is 3.75. The van der Waals surface area contributed by atoms with Gasteiger partial charge in [-0.25, -0.2) is 4.98 Å². The van der Waals surface area contributed by atoms with Gasteiger partial charge in [0.2, 0.25) is 5.96 Å². The zero-order chi connectivity index (χ0) is 16.1. The van der Waals surface area contributed by atoms with Crippen molar-refractivity contribution >= 4 is 17.7 Å². The molecule has 3 N–H and O–H groups in total. The lowest BCUT2D eigenvalue weighted by Gasteiger charge is -2.02. The highest BCUT2D eigenvalue weighted by Gasteiger charge is 2.00. The van der Waals surface area contributed by atoms with Crippen LogP contribution < -0.4 is 10.6 Å². The number of nitriles is 1. The van der Waals surface area contributed by atoms with E-state index in [1.807, 2.05) is 0 Å². The fourth-order valence-electron chi connectivity index (χ4n) is 0.947. The second-order valence-electron chi connectivity index (χ2n) is 2.92. The molecule has 0 unspecified atom stereocenters. The van der Waals surface area contributed by atoms with E-state index in [2.05, 4.69) is 25.6 Å². The van der Waals surface area contributed by atoms with Crippen LogP contribution >= 0.6 is 11.8 Å². The molecule has 0 spiro atoms. The van der Waals surface area contributed by atoms with Crippen LogP contribution in [-0.2, 0) is 5.75 Å². The topological polar surface area (TPSA) is 88.9 Å². The number of guanidine groups is 1. The fraction of sp³-hybridized carbons (Fsp3) is 0.500. The van der Waals surface area contributed by atoms with E-state index in [1.165, 1.54) is 13.4 Å². The Morgan fingerprint density at radius 1 is 1.82 bits per heavy atom. The molecule has 17 heavy (non-hydrogen) atoms. The number of aliphatic imine (C=N–C) groups is 1. The van der Waals surface area contributed by atoms with Crippen molar-refractivity contribution in [3.05, 3.63) is 17.7 Å². The molecule has 0 aliphatic rings. The third-order valence-electron chi connectivity index (χ3n) is 1.84. The van der Waals surface area contributed by atoms with Gasteiger partial charge >= 0.3 is 0 Å². The van der Waals surface area contributed by atoms with Gasteiger partial charge in [0.05, 0.1) is 21.3 Å². The number of hydrogen-bond donors (Lipinski definition) is 3. The van der Waals surface area contributed by atoms with Crippen molar-refractivity contribution in [1.29, 1.82) is 5.26 Å². The molecule has 1 heterocycles. The fourth-order valence-corrected chi connectivity index (χ4v) is 1.56. The van der Waals surface area contributed by atoms with Crippen LogP contribution in [0.4, 0.5) is 0 Å². The van der Waals surface area contributed by atoms with Crippen LogP contribution in [0.15, 0.2) is 11.3 Å². The van der Waals surface area contributed by atoms with Gasteiger partial charge in [-0.1, -0.05) is 0 Å². The Morgan fingerprint density at radius 2 is 2.65 bits per heavy atom. The van der Waals surface area contributed by atoms with Gasteiger partial charge < -0.3 is 10.3 Å². The van der Waals surface area contributed by atoms with E-state index in [0.29, 0.717) is 5.69 Å². The van der Waals surface area contributed by atoms with E-state index >= 15 is 0 Å². The minimum atomic E-state index is -2.52. The average molecular weight is 256 g/mol. The van der Waals surface area contributed by atoms with Gasteiger partial charge in [-0.2, -0.15) is 17.0 Å². The Balaban J connectivity index is 2.84. The van der Waals surface area contributed by atoms with Crippen molar-refractivity contribution < 1.29 is 5.48 Å². The molecule has 0 atom stereocenters. The molecule has 1 rings (SSSR count). The van der Waals surface area contributed by atoms with E-state index in [4.69, 9.17) is 10.7 Å². The van der Waals surface area contributed by atoms with Gasteiger partial charge in [0.25, 0.3) is 0 Å². The highest BCUT2D eigenvalue weighted by molar-refractivity contribution is 7.98. The maximum atomic E-state index is 8.51. The molecule has 6 nitrogen and oxygen atoms in total. The molecule has 0 saturated carbocycles. The number of hydrogen-bond acceptors (Lipinski definition) is 4. The summed E-state index contributed by atoms with van der Waals surface area (Å²) in [6.07, 6.45) is 3.10. The van der Waals surface area contributed by atoms with Crippen LogP contribution in [0, 0.1) is 18.4 Å². The molecule has 0 aliphatic heterocycles. The zero-order valence-corrected chi connectivity index (χ0v) is 10.4. The molecule has 0 saturated heterocycles. The maximum absolute atomic E-state index is 8.51. The first-order valence-electron chi connectivity index (χ1n) is 6.79. The minimum absolute atomic E-state index is 0.136. The number of rotatable bonds is 5. The number of H-pyrrole nitrogens is 1. The summed E-state index contributed by atoms with van der Waals surface area (Å²) >= 11 is 0.758. The molecule has 0 fully saturated rings. The Morgan fingerprint density at radius 3 is 3.24 bits per heavy atom. The summed E-state index contributed by atoms with van der Waals surface area (Å²) in [5.74, 6) is 0.0701. The molecular weight excluding hydrogens is 236 g/mol. The van der Waals surface area contributed by atoms with Crippen molar-refractivity contribution in [3.8, 4) is 6.19 Å². The minimum Gasteiger partial charge on any atom is -0.359 e. The second kappa shape index (κ2) is 7.57. The van der Waals surface area contributed by atoms with E-state index in [9.17, 15) is 0 Å². The zero-order valence-electron chi connectivity index (χ0n) is 13.5. The Labute approximate surface area is 111 Å². The molecular formula is C10H16N6S. The first kappa shape index (κ1) is 8.42. The normalized spacial score (nSPS) is 16.2. The Bertz CT molecular complexity index is 550. The van der Waals surface area contributed by atoms with Crippen LogP contribution in [0.5, 0.6) is 0 Å². The summed E-state index contributed by atoms with van der Waals surface area (Å²) in [5, 5.41) is 13.2. The van der Waals surface area contributed by atoms with Crippen LogP contribution in [0.3, 0.4) is 0 Å². The molecule has 92 valence electrons. The van der Waals surface area contributed by atoms with E-state index in [-0.39, 0.29) is 11.7 Å². The summed E-state index contributed by atoms with van der Waals surface area (Å²) in [6, 6.07) is 0. The Hall–Kier alpha value is -1.68. The molecule has 1 aromatic rings. The van der Waals surface area contributed by atoms with Crippen LogP contribution in [0.1, 0.15) is 16.9 Å². The van der Waals surface area contributed by atoms with Gasteiger partial charge in [0.1, 0.15) is 0 Å². The number of imidazole rings is 1. The SMILES string of the molecule is [2H]C([2H])(N=C(NC)NC#N)C([2H])([2H])SCc1nc[nH]c1C.